The number of phosphoric ester groups is 2. The number of aromatic nitrogens is 4. The van der Waals surface area contributed by atoms with Gasteiger partial charge in [-0.2, -0.15) is 9.97 Å². The molecule has 23 heteroatoms. The molecule has 0 saturated carbocycles. The number of carbonyl (C=O) groups is 2. The SMILES string of the molecule is Nc1ncc(NC(=O)[C@@H](COP(=O)([O-])O[C@H](CO)C(=O)Nc2cnc(N)nc2N)OP(=O)([O-])O)c(N)n1. The van der Waals surface area contributed by atoms with Gasteiger partial charge in [-0.1, -0.05) is 0 Å². The number of nitrogens with zero attached hydrogens (tertiary/aromatic N) is 4. The molecule has 21 nitrogen and oxygen atoms in total. The first-order valence-electron chi connectivity index (χ1n) is 9.45. The summed E-state index contributed by atoms with van der Waals surface area (Å²) in [6, 6.07) is 0. The second-order valence-corrected chi connectivity index (χ2v) is 9.13. The quantitative estimate of drug-likeness (QED) is 0.113. The minimum absolute atomic E-state index is 0.201. The third-order valence-corrected chi connectivity index (χ3v) is 5.34. The van der Waals surface area contributed by atoms with Crippen molar-refractivity contribution in [3.63, 3.8) is 0 Å². The van der Waals surface area contributed by atoms with Gasteiger partial charge in [-0.05, 0) is 0 Å². The molecule has 2 unspecified atom stereocenters. The van der Waals surface area contributed by atoms with Crippen LogP contribution in [0.25, 0.3) is 0 Å². The van der Waals surface area contributed by atoms with Gasteiger partial charge in [0.2, 0.25) is 11.9 Å². The van der Waals surface area contributed by atoms with Gasteiger partial charge < -0.3 is 66.9 Å². The summed E-state index contributed by atoms with van der Waals surface area (Å²) in [5, 5.41) is 13.5. The van der Waals surface area contributed by atoms with Crippen molar-refractivity contribution in [1.29, 1.82) is 0 Å². The normalized spacial score (nSPS) is 16.1. The lowest BCUT2D eigenvalue weighted by Gasteiger charge is -2.29. The Bertz CT molecular complexity index is 1240. The molecule has 0 aliphatic heterocycles. The van der Waals surface area contributed by atoms with E-state index in [1.165, 1.54) is 0 Å². The molecule has 12 N–H and O–H groups in total. The van der Waals surface area contributed by atoms with Crippen molar-refractivity contribution in [2.45, 2.75) is 12.2 Å². The van der Waals surface area contributed by atoms with Crippen molar-refractivity contribution >= 4 is 62.4 Å². The number of nitrogen functional groups attached to an aromatic ring is 4. The van der Waals surface area contributed by atoms with Gasteiger partial charge in [0, 0.05) is 0 Å². The van der Waals surface area contributed by atoms with Crippen molar-refractivity contribution in [2.75, 3.05) is 46.8 Å². The fraction of sp³-hybridized carbons (Fsp3) is 0.286. The summed E-state index contributed by atoms with van der Waals surface area (Å²) in [4.78, 5) is 71.1. The molecule has 37 heavy (non-hydrogen) atoms. The van der Waals surface area contributed by atoms with Crippen molar-refractivity contribution in [3.8, 4) is 0 Å². The Hall–Kier alpha value is -3.52. The maximum atomic E-state index is 12.4. The molecule has 0 aliphatic carbocycles. The van der Waals surface area contributed by atoms with Crippen LogP contribution in [0.1, 0.15) is 0 Å². The average molecular weight is 566 g/mol. The number of carbonyl (C=O) groups excluding carboxylic acids is 2. The zero-order valence-corrected chi connectivity index (χ0v) is 20.1. The Kier molecular flexibility index (Phi) is 9.75. The molecule has 0 fully saturated rings. The highest BCUT2D eigenvalue weighted by Crippen LogP contribution is 2.41. The number of amides is 2. The Labute approximate surface area is 206 Å². The highest BCUT2D eigenvalue weighted by Gasteiger charge is 2.30. The van der Waals surface area contributed by atoms with E-state index in [1.54, 1.807) is 0 Å². The Morgan fingerprint density at radius 2 is 1.38 bits per heavy atom. The molecular weight excluding hydrogens is 546 g/mol. The molecule has 204 valence electrons. The lowest BCUT2D eigenvalue weighted by Crippen LogP contribution is -2.37. The van der Waals surface area contributed by atoms with Gasteiger partial charge in [0.15, 0.2) is 23.8 Å². The molecule has 0 spiro atoms. The van der Waals surface area contributed by atoms with Gasteiger partial charge in [-0.15, -0.1) is 0 Å². The highest BCUT2D eigenvalue weighted by molar-refractivity contribution is 7.46. The largest absolute Gasteiger partial charge is 0.756 e. The van der Waals surface area contributed by atoms with Crippen LogP contribution in [-0.4, -0.2) is 67.2 Å². The van der Waals surface area contributed by atoms with Gasteiger partial charge in [0.05, 0.1) is 25.6 Å². The lowest BCUT2D eigenvalue weighted by molar-refractivity contribution is -0.237. The third-order valence-electron chi connectivity index (χ3n) is 3.84. The summed E-state index contributed by atoms with van der Waals surface area (Å²) >= 11 is 0. The summed E-state index contributed by atoms with van der Waals surface area (Å²) < 4.78 is 36.3. The first-order chi connectivity index (χ1) is 17.1. The number of hydrogen-bond donors (Lipinski definition) is 8. The minimum Gasteiger partial charge on any atom is -0.756 e. The number of anilines is 6. The van der Waals surface area contributed by atoms with Crippen LogP contribution in [0.5, 0.6) is 0 Å². The number of rotatable bonds is 12. The second kappa shape index (κ2) is 12.1. The van der Waals surface area contributed by atoms with Gasteiger partial charge in [0.1, 0.15) is 11.4 Å². The number of nitrogens with two attached hydrogens (primary N) is 4. The maximum Gasteiger partial charge on any atom is 0.268 e. The van der Waals surface area contributed by atoms with Crippen LogP contribution in [0, 0.1) is 0 Å². The van der Waals surface area contributed by atoms with E-state index in [1.807, 2.05) is 5.32 Å². The standard InChI is InChI=1S/C14H22N10O11P2/c15-9-5(1-19-13(17)23-9)21-11(26)7(3-25)35-37(31,32)33-4-8(34-36(28,29)30)12(27)22-6-2-20-14(18)24-10(6)16/h1-2,7-8,25H,3-4H2,(H,21,26)(H,22,27)(H,31,32)(H2,28,29,30)(H4,15,17,19,23)(H4,16,18,20,24)/p-2/t7-,8-/m1/s1. The van der Waals surface area contributed by atoms with E-state index < -0.39 is 52.9 Å². The van der Waals surface area contributed by atoms with Crippen LogP contribution in [0.2, 0.25) is 0 Å². The minimum atomic E-state index is -5.62. The van der Waals surface area contributed by atoms with Gasteiger partial charge >= 0.3 is 0 Å². The van der Waals surface area contributed by atoms with Crippen LogP contribution in [-0.2, 0) is 32.3 Å². The van der Waals surface area contributed by atoms with Crippen LogP contribution in [0.3, 0.4) is 0 Å². The van der Waals surface area contributed by atoms with Crippen LogP contribution in [0.4, 0.5) is 34.9 Å². The monoisotopic (exact) mass is 566 g/mol. The maximum absolute atomic E-state index is 12.4. The number of aliphatic hydroxyl groups excluding tert-OH is 1. The Balaban J connectivity index is 2.09. The smallest absolute Gasteiger partial charge is 0.268 e. The zero-order chi connectivity index (χ0) is 28.0. The molecule has 0 saturated heterocycles. The lowest BCUT2D eigenvalue weighted by atomic mass is 10.3. The van der Waals surface area contributed by atoms with E-state index in [0.29, 0.717) is 0 Å². The third kappa shape index (κ3) is 9.46. The van der Waals surface area contributed by atoms with Crippen molar-refractivity contribution in [1.82, 2.24) is 19.9 Å². The predicted octanol–water partition coefficient (Wildman–Crippen LogP) is -4.12. The Morgan fingerprint density at radius 3 is 1.78 bits per heavy atom. The van der Waals surface area contributed by atoms with E-state index in [9.17, 15) is 33.6 Å². The van der Waals surface area contributed by atoms with Crippen LogP contribution in [0.15, 0.2) is 12.4 Å². The first-order valence-corrected chi connectivity index (χ1v) is 12.4. The van der Waals surface area contributed by atoms with Crippen molar-refractivity contribution < 1.29 is 52.1 Å². The summed E-state index contributed by atoms with van der Waals surface area (Å²) in [6.07, 6.45) is -2.51. The second-order valence-electron chi connectivity index (χ2n) is 6.61. The van der Waals surface area contributed by atoms with Crippen LogP contribution >= 0.6 is 15.6 Å². The number of phosphoric acid groups is 2. The van der Waals surface area contributed by atoms with E-state index in [-0.39, 0.29) is 34.9 Å². The molecule has 2 heterocycles. The fourth-order valence-electron chi connectivity index (χ4n) is 2.26. The summed E-state index contributed by atoms with van der Waals surface area (Å²) in [6.45, 7) is -2.59. The van der Waals surface area contributed by atoms with E-state index in [4.69, 9.17) is 27.8 Å². The molecule has 2 amide bonds. The first kappa shape index (κ1) is 29.7. The van der Waals surface area contributed by atoms with Crippen molar-refractivity contribution in [3.05, 3.63) is 12.4 Å². The molecular formula is C14H20N10O11P2-2. The molecule has 2 aromatic rings. The number of hydrogen-bond acceptors (Lipinski definition) is 18. The van der Waals surface area contributed by atoms with Gasteiger partial charge in [-0.25, -0.2) is 9.97 Å². The number of aliphatic hydroxyl groups is 1. The predicted molar refractivity (Wildman–Crippen MR) is 119 cm³/mol. The summed E-state index contributed by atoms with van der Waals surface area (Å²) in [5.41, 5.74) is 21.2. The average Bonchev–Trinajstić information content (AvgIpc) is 2.78. The molecule has 0 aliphatic rings. The van der Waals surface area contributed by atoms with Crippen molar-refractivity contribution in [2.24, 2.45) is 0 Å². The Morgan fingerprint density at radius 1 is 0.919 bits per heavy atom. The van der Waals surface area contributed by atoms with E-state index >= 15 is 0 Å². The van der Waals surface area contributed by atoms with Gasteiger partial charge in [-0.3, -0.25) is 18.7 Å². The molecule has 0 radical (unpaired) electrons. The summed E-state index contributed by atoms with van der Waals surface area (Å²) in [5.74, 6) is -3.75. The topological polar surface area (TPSA) is 362 Å². The number of nitrogens with one attached hydrogen (secondary N) is 2. The molecule has 4 atom stereocenters. The molecule has 2 aromatic heterocycles. The molecule has 2 rings (SSSR count). The summed E-state index contributed by atoms with van der Waals surface area (Å²) in [7, 11) is -11.2. The molecule has 0 aromatic carbocycles. The van der Waals surface area contributed by atoms with Crippen LogP contribution < -0.4 is 43.4 Å². The van der Waals surface area contributed by atoms with E-state index in [0.717, 1.165) is 12.4 Å². The zero-order valence-electron chi connectivity index (χ0n) is 18.3. The van der Waals surface area contributed by atoms with Gasteiger partial charge in [0.25, 0.3) is 27.5 Å². The fourth-order valence-corrected chi connectivity index (χ4v) is 3.59. The molecule has 0 bridgehead atoms. The highest BCUT2D eigenvalue weighted by atomic mass is 31.2. The van der Waals surface area contributed by atoms with E-state index in [2.05, 4.69) is 38.8 Å².